The monoisotopic (exact) mass is 195 g/mol. The van der Waals surface area contributed by atoms with Crippen LogP contribution in [-0.2, 0) is 9.53 Å². The maximum Gasteiger partial charge on any atom is 0.323 e. The summed E-state index contributed by atoms with van der Waals surface area (Å²) in [5.74, 6) is 0.419. The normalized spacial score (nSPS) is 23.8. The van der Waals surface area contributed by atoms with Crippen LogP contribution in [0.25, 0.3) is 0 Å². The van der Waals surface area contributed by atoms with Gasteiger partial charge in [0.05, 0.1) is 7.11 Å². The minimum atomic E-state index is -0.0978. The highest BCUT2D eigenvalue weighted by Crippen LogP contribution is 2.33. The first-order valence-corrected chi connectivity index (χ1v) is 5.30. The van der Waals surface area contributed by atoms with Gasteiger partial charge in [-0.25, -0.2) is 0 Å². The fourth-order valence-electron chi connectivity index (χ4n) is 1.96. The summed E-state index contributed by atoms with van der Waals surface area (Å²) < 4.78 is 4.80. The summed E-state index contributed by atoms with van der Waals surface area (Å²) in [7, 11) is 1.46. The van der Waals surface area contributed by atoms with Crippen molar-refractivity contribution < 1.29 is 9.53 Å². The van der Waals surface area contributed by atoms with Gasteiger partial charge in [0.25, 0.3) is 0 Å². The number of hydrogen-bond donors (Lipinski definition) is 1. The molecular formula is C11H17NO2. The van der Waals surface area contributed by atoms with E-state index in [4.69, 9.17) is 4.74 Å². The van der Waals surface area contributed by atoms with Crippen LogP contribution in [0.2, 0.25) is 0 Å². The molecule has 2 rings (SSSR count). The van der Waals surface area contributed by atoms with Crippen LogP contribution < -0.4 is 5.32 Å². The van der Waals surface area contributed by atoms with Crippen LogP contribution in [0.5, 0.6) is 0 Å². The van der Waals surface area contributed by atoms with Crippen LogP contribution >= 0.6 is 0 Å². The Hall–Kier alpha value is -0.830. The lowest BCUT2D eigenvalue weighted by atomic mass is 10.1. The SMILES string of the molecule is COC(=O)C(NC1CC=CC1)C1CC1. The molecule has 2 aliphatic rings. The van der Waals surface area contributed by atoms with E-state index in [0.717, 1.165) is 25.7 Å². The van der Waals surface area contributed by atoms with Gasteiger partial charge in [-0.1, -0.05) is 12.2 Å². The molecule has 2 aliphatic carbocycles. The molecule has 0 aromatic carbocycles. The highest BCUT2D eigenvalue weighted by Gasteiger charge is 2.37. The van der Waals surface area contributed by atoms with Crippen LogP contribution in [-0.4, -0.2) is 25.2 Å². The Morgan fingerprint density at radius 3 is 2.57 bits per heavy atom. The maximum atomic E-state index is 11.5. The first kappa shape index (κ1) is 9.71. The second kappa shape index (κ2) is 4.13. The highest BCUT2D eigenvalue weighted by atomic mass is 16.5. The zero-order valence-electron chi connectivity index (χ0n) is 8.53. The zero-order valence-corrected chi connectivity index (χ0v) is 8.53. The largest absolute Gasteiger partial charge is 0.468 e. The minimum absolute atomic E-state index is 0.0649. The molecule has 78 valence electrons. The molecule has 0 bridgehead atoms. The average Bonchev–Trinajstić information content (AvgIpc) is 2.92. The Kier molecular flexibility index (Phi) is 2.87. The summed E-state index contributed by atoms with van der Waals surface area (Å²) in [6, 6.07) is 0.379. The second-order valence-electron chi connectivity index (χ2n) is 4.14. The molecular weight excluding hydrogens is 178 g/mol. The predicted octanol–water partition coefficient (Wildman–Crippen LogP) is 1.25. The first-order valence-electron chi connectivity index (χ1n) is 5.30. The van der Waals surface area contributed by atoms with Gasteiger partial charge in [0, 0.05) is 6.04 Å². The van der Waals surface area contributed by atoms with Crippen molar-refractivity contribution in [2.75, 3.05) is 7.11 Å². The molecule has 3 heteroatoms. The Morgan fingerprint density at radius 1 is 1.43 bits per heavy atom. The molecule has 0 spiro atoms. The predicted molar refractivity (Wildman–Crippen MR) is 53.8 cm³/mol. The van der Waals surface area contributed by atoms with Crippen LogP contribution in [0.1, 0.15) is 25.7 Å². The van der Waals surface area contributed by atoms with E-state index in [1.54, 1.807) is 0 Å². The van der Waals surface area contributed by atoms with Crippen molar-refractivity contribution in [1.82, 2.24) is 5.32 Å². The van der Waals surface area contributed by atoms with Gasteiger partial charge < -0.3 is 10.1 Å². The van der Waals surface area contributed by atoms with Gasteiger partial charge in [-0.2, -0.15) is 0 Å². The van der Waals surface area contributed by atoms with Crippen molar-refractivity contribution in [3.63, 3.8) is 0 Å². The third-order valence-electron chi connectivity index (χ3n) is 2.97. The van der Waals surface area contributed by atoms with E-state index in [2.05, 4.69) is 17.5 Å². The number of ether oxygens (including phenoxy) is 1. The number of rotatable bonds is 4. The van der Waals surface area contributed by atoms with E-state index in [-0.39, 0.29) is 12.0 Å². The lowest BCUT2D eigenvalue weighted by Crippen LogP contribution is -2.44. The van der Waals surface area contributed by atoms with Gasteiger partial charge in [-0.15, -0.1) is 0 Å². The van der Waals surface area contributed by atoms with Crippen LogP contribution in [0.15, 0.2) is 12.2 Å². The summed E-state index contributed by atoms with van der Waals surface area (Å²) in [6.07, 6.45) is 8.73. The molecule has 0 heterocycles. The Balaban J connectivity index is 1.86. The molecule has 1 unspecified atom stereocenters. The number of methoxy groups -OCH3 is 1. The van der Waals surface area contributed by atoms with E-state index >= 15 is 0 Å². The van der Waals surface area contributed by atoms with Crippen molar-refractivity contribution in [3.8, 4) is 0 Å². The van der Waals surface area contributed by atoms with Crippen molar-refractivity contribution >= 4 is 5.97 Å². The molecule has 3 nitrogen and oxygen atoms in total. The van der Waals surface area contributed by atoms with Gasteiger partial charge >= 0.3 is 5.97 Å². The Labute approximate surface area is 84.5 Å². The van der Waals surface area contributed by atoms with Crippen molar-refractivity contribution in [2.24, 2.45) is 5.92 Å². The molecule has 14 heavy (non-hydrogen) atoms. The first-order chi connectivity index (χ1) is 6.81. The number of esters is 1. The van der Waals surface area contributed by atoms with Crippen molar-refractivity contribution in [3.05, 3.63) is 12.2 Å². The van der Waals surface area contributed by atoms with Gasteiger partial charge in [0.15, 0.2) is 0 Å². The molecule has 1 atom stereocenters. The summed E-state index contributed by atoms with van der Waals surface area (Å²) >= 11 is 0. The third kappa shape index (κ3) is 2.15. The van der Waals surface area contributed by atoms with E-state index in [0.29, 0.717) is 12.0 Å². The molecule has 0 aliphatic heterocycles. The van der Waals surface area contributed by atoms with Crippen molar-refractivity contribution in [2.45, 2.75) is 37.8 Å². The molecule has 0 saturated heterocycles. The van der Waals surface area contributed by atoms with E-state index in [9.17, 15) is 4.79 Å². The lowest BCUT2D eigenvalue weighted by molar-refractivity contribution is -0.144. The summed E-state index contributed by atoms with van der Waals surface area (Å²) in [4.78, 5) is 11.5. The van der Waals surface area contributed by atoms with Gasteiger partial charge in [-0.05, 0) is 31.6 Å². The van der Waals surface area contributed by atoms with Gasteiger partial charge in [-0.3, -0.25) is 4.79 Å². The van der Waals surface area contributed by atoms with E-state index < -0.39 is 0 Å². The molecule has 1 N–H and O–H groups in total. The summed E-state index contributed by atoms with van der Waals surface area (Å²) in [5, 5.41) is 3.39. The van der Waals surface area contributed by atoms with E-state index in [1.807, 2.05) is 0 Å². The minimum Gasteiger partial charge on any atom is -0.468 e. The quantitative estimate of drug-likeness (QED) is 0.542. The summed E-state index contributed by atoms with van der Waals surface area (Å²) in [6.45, 7) is 0. The zero-order chi connectivity index (χ0) is 9.97. The van der Waals surface area contributed by atoms with Crippen LogP contribution in [0, 0.1) is 5.92 Å². The van der Waals surface area contributed by atoms with E-state index in [1.165, 1.54) is 7.11 Å². The lowest BCUT2D eigenvalue weighted by Gasteiger charge is -2.20. The number of nitrogens with one attached hydrogen (secondary N) is 1. The summed E-state index contributed by atoms with van der Waals surface area (Å²) in [5.41, 5.74) is 0. The number of hydrogen-bond acceptors (Lipinski definition) is 3. The van der Waals surface area contributed by atoms with Crippen LogP contribution in [0.4, 0.5) is 0 Å². The average molecular weight is 195 g/mol. The Morgan fingerprint density at radius 2 is 2.07 bits per heavy atom. The second-order valence-corrected chi connectivity index (χ2v) is 4.14. The molecule has 1 saturated carbocycles. The number of carbonyl (C=O) groups excluding carboxylic acids is 1. The molecule has 0 aromatic rings. The topological polar surface area (TPSA) is 38.3 Å². The fourth-order valence-corrected chi connectivity index (χ4v) is 1.96. The van der Waals surface area contributed by atoms with Gasteiger partial charge in [0.1, 0.15) is 6.04 Å². The van der Waals surface area contributed by atoms with Gasteiger partial charge in [0.2, 0.25) is 0 Å². The van der Waals surface area contributed by atoms with Crippen molar-refractivity contribution in [1.29, 1.82) is 0 Å². The molecule has 0 amide bonds. The molecule has 1 fully saturated rings. The van der Waals surface area contributed by atoms with Crippen LogP contribution in [0.3, 0.4) is 0 Å². The maximum absolute atomic E-state index is 11.5. The number of carbonyl (C=O) groups is 1. The Bertz CT molecular complexity index is 238. The smallest absolute Gasteiger partial charge is 0.323 e. The standard InChI is InChI=1S/C11H17NO2/c1-14-11(13)10(8-6-7-8)12-9-4-2-3-5-9/h2-3,8-10,12H,4-7H2,1H3. The molecule has 0 aromatic heterocycles. The molecule has 0 radical (unpaired) electrons. The highest BCUT2D eigenvalue weighted by molar-refractivity contribution is 5.76. The third-order valence-corrected chi connectivity index (χ3v) is 2.97. The fraction of sp³-hybridized carbons (Fsp3) is 0.727.